The molecule has 3 nitrogen and oxygen atoms in total. The van der Waals surface area contributed by atoms with Gasteiger partial charge in [-0.25, -0.2) is 0 Å². The summed E-state index contributed by atoms with van der Waals surface area (Å²) >= 11 is 0. The van der Waals surface area contributed by atoms with Gasteiger partial charge in [0.15, 0.2) is 0 Å². The van der Waals surface area contributed by atoms with E-state index in [1.165, 1.54) is 19.3 Å². The van der Waals surface area contributed by atoms with E-state index >= 15 is 0 Å². The molecule has 1 unspecified atom stereocenters. The van der Waals surface area contributed by atoms with Crippen LogP contribution in [0.15, 0.2) is 24.3 Å². The molecule has 2 rings (SSSR count). The van der Waals surface area contributed by atoms with Crippen molar-refractivity contribution in [1.82, 2.24) is 5.32 Å². The van der Waals surface area contributed by atoms with Crippen molar-refractivity contribution in [1.29, 1.82) is 0 Å². The van der Waals surface area contributed by atoms with E-state index in [1.807, 2.05) is 18.2 Å². The molecule has 0 saturated heterocycles. The molecule has 1 aliphatic rings. The van der Waals surface area contributed by atoms with Crippen LogP contribution in [0.25, 0.3) is 0 Å². The van der Waals surface area contributed by atoms with Crippen molar-refractivity contribution >= 4 is 5.91 Å². The van der Waals surface area contributed by atoms with Crippen molar-refractivity contribution in [3.63, 3.8) is 0 Å². The maximum atomic E-state index is 11.3. The molecule has 0 spiro atoms. The Balaban J connectivity index is 1.93. The molecule has 0 radical (unpaired) electrons. The molecule has 98 valence electrons. The molecule has 0 bridgehead atoms. The summed E-state index contributed by atoms with van der Waals surface area (Å²) in [6.45, 7) is 2.93. The zero-order chi connectivity index (χ0) is 13.0. The number of rotatable bonds is 7. The van der Waals surface area contributed by atoms with E-state index in [2.05, 4.69) is 12.2 Å². The summed E-state index contributed by atoms with van der Waals surface area (Å²) < 4.78 is 0. The third-order valence-corrected chi connectivity index (χ3v) is 3.67. The molecular weight excluding hydrogens is 224 g/mol. The summed E-state index contributed by atoms with van der Waals surface area (Å²) in [6, 6.07) is 8.12. The third kappa shape index (κ3) is 3.57. The summed E-state index contributed by atoms with van der Waals surface area (Å²) in [7, 11) is 0. The summed E-state index contributed by atoms with van der Waals surface area (Å²) in [5, 5.41) is 3.54. The highest BCUT2D eigenvalue weighted by Crippen LogP contribution is 2.34. The maximum Gasteiger partial charge on any atom is 0.249 e. The molecule has 0 heterocycles. The van der Waals surface area contributed by atoms with Crippen molar-refractivity contribution < 1.29 is 4.79 Å². The fraction of sp³-hybridized carbons (Fsp3) is 0.533. The molecule has 1 amide bonds. The molecule has 0 aromatic heterocycles. The van der Waals surface area contributed by atoms with Gasteiger partial charge in [0.25, 0.3) is 0 Å². The Hall–Kier alpha value is -1.35. The van der Waals surface area contributed by atoms with Gasteiger partial charge >= 0.3 is 0 Å². The van der Waals surface area contributed by atoms with E-state index < -0.39 is 0 Å². The Morgan fingerprint density at radius 3 is 2.78 bits per heavy atom. The normalized spacial score (nSPS) is 16.5. The number of benzene rings is 1. The first-order valence-corrected chi connectivity index (χ1v) is 6.81. The van der Waals surface area contributed by atoms with Crippen molar-refractivity contribution in [2.24, 2.45) is 11.7 Å². The average molecular weight is 246 g/mol. The maximum absolute atomic E-state index is 11.3. The molecule has 3 N–H and O–H groups in total. The summed E-state index contributed by atoms with van der Waals surface area (Å²) in [5.74, 6) is 0.580. The number of carbonyl (C=O) groups excluding carboxylic acids is 1. The monoisotopic (exact) mass is 246 g/mol. The minimum atomic E-state index is -0.345. The van der Waals surface area contributed by atoms with Crippen molar-refractivity contribution in [3.8, 4) is 0 Å². The number of primary amides is 1. The second kappa shape index (κ2) is 6.01. The molecule has 1 aromatic carbocycles. The first-order valence-electron chi connectivity index (χ1n) is 6.81. The Labute approximate surface area is 109 Å². The Kier molecular flexibility index (Phi) is 4.37. The lowest BCUT2D eigenvalue weighted by molar-refractivity contribution is 0.0999. The van der Waals surface area contributed by atoms with Crippen LogP contribution >= 0.6 is 0 Å². The van der Waals surface area contributed by atoms with E-state index in [4.69, 9.17) is 5.73 Å². The number of nitrogens with two attached hydrogens (primary N) is 1. The highest BCUT2D eigenvalue weighted by Gasteiger charge is 2.24. The van der Waals surface area contributed by atoms with Crippen molar-refractivity contribution in [2.75, 3.05) is 0 Å². The van der Waals surface area contributed by atoms with Gasteiger partial charge in [-0.1, -0.05) is 38.0 Å². The van der Waals surface area contributed by atoms with E-state index in [9.17, 15) is 4.79 Å². The van der Waals surface area contributed by atoms with Gasteiger partial charge in [0.05, 0.1) is 0 Å². The molecular formula is C15H22N2O. The van der Waals surface area contributed by atoms with Gasteiger partial charge in [-0.15, -0.1) is 0 Å². The van der Waals surface area contributed by atoms with Crippen LogP contribution in [0.4, 0.5) is 0 Å². The van der Waals surface area contributed by atoms with Crippen molar-refractivity contribution in [2.45, 2.75) is 45.2 Å². The first kappa shape index (κ1) is 13.1. The standard InChI is InChI=1S/C15H22N2O/c1-2-13(9-11-7-8-11)17-10-12-5-3-4-6-14(12)15(16)18/h3-6,11,13,17H,2,7-10H2,1H3,(H2,16,18). The predicted octanol–water partition coefficient (Wildman–Crippen LogP) is 2.45. The van der Waals surface area contributed by atoms with E-state index in [0.717, 1.165) is 24.4 Å². The second-order valence-corrected chi connectivity index (χ2v) is 5.19. The Morgan fingerprint density at radius 2 is 2.17 bits per heavy atom. The Morgan fingerprint density at radius 1 is 1.44 bits per heavy atom. The van der Waals surface area contributed by atoms with Crippen LogP contribution in [-0.2, 0) is 6.54 Å². The largest absolute Gasteiger partial charge is 0.366 e. The van der Waals surface area contributed by atoms with Gasteiger partial charge in [0, 0.05) is 18.2 Å². The fourth-order valence-electron chi connectivity index (χ4n) is 2.32. The minimum Gasteiger partial charge on any atom is -0.366 e. The number of hydrogen-bond acceptors (Lipinski definition) is 2. The smallest absolute Gasteiger partial charge is 0.249 e. The molecule has 1 atom stereocenters. The summed E-state index contributed by atoms with van der Waals surface area (Å²) in [4.78, 5) is 11.3. The number of amides is 1. The molecule has 1 saturated carbocycles. The van der Waals surface area contributed by atoms with Gasteiger partial charge < -0.3 is 11.1 Å². The fourth-order valence-corrected chi connectivity index (χ4v) is 2.32. The highest BCUT2D eigenvalue weighted by molar-refractivity contribution is 5.94. The third-order valence-electron chi connectivity index (χ3n) is 3.67. The molecule has 18 heavy (non-hydrogen) atoms. The topological polar surface area (TPSA) is 55.1 Å². The van der Waals surface area contributed by atoms with Gasteiger partial charge in [0.1, 0.15) is 0 Å². The van der Waals surface area contributed by atoms with Crippen LogP contribution in [0.1, 0.15) is 48.5 Å². The van der Waals surface area contributed by atoms with Crippen molar-refractivity contribution in [3.05, 3.63) is 35.4 Å². The van der Waals surface area contributed by atoms with Gasteiger partial charge in [-0.3, -0.25) is 4.79 Å². The number of carbonyl (C=O) groups is 1. The molecule has 1 aromatic rings. The van der Waals surface area contributed by atoms with E-state index in [-0.39, 0.29) is 5.91 Å². The Bertz CT molecular complexity index is 413. The van der Waals surface area contributed by atoms with Crippen LogP contribution in [0, 0.1) is 5.92 Å². The van der Waals surface area contributed by atoms with Crippen LogP contribution in [-0.4, -0.2) is 11.9 Å². The highest BCUT2D eigenvalue weighted by atomic mass is 16.1. The number of nitrogens with one attached hydrogen (secondary N) is 1. The van der Waals surface area contributed by atoms with E-state index in [0.29, 0.717) is 11.6 Å². The second-order valence-electron chi connectivity index (χ2n) is 5.19. The van der Waals surface area contributed by atoms with Crippen LogP contribution in [0.3, 0.4) is 0 Å². The molecule has 3 heteroatoms. The average Bonchev–Trinajstić information content (AvgIpc) is 3.18. The predicted molar refractivity (Wildman–Crippen MR) is 73.2 cm³/mol. The zero-order valence-electron chi connectivity index (χ0n) is 11.0. The van der Waals surface area contributed by atoms with Crippen LogP contribution in [0.2, 0.25) is 0 Å². The van der Waals surface area contributed by atoms with Crippen LogP contribution < -0.4 is 11.1 Å². The van der Waals surface area contributed by atoms with Gasteiger partial charge in [0.2, 0.25) is 5.91 Å². The van der Waals surface area contributed by atoms with Gasteiger partial charge in [-0.05, 0) is 30.4 Å². The lowest BCUT2D eigenvalue weighted by atomic mass is 10.0. The first-order chi connectivity index (χ1) is 8.70. The molecule has 1 aliphatic carbocycles. The minimum absolute atomic E-state index is 0.345. The zero-order valence-corrected chi connectivity index (χ0v) is 11.0. The quantitative estimate of drug-likeness (QED) is 0.776. The van der Waals surface area contributed by atoms with Crippen LogP contribution in [0.5, 0.6) is 0 Å². The summed E-state index contributed by atoms with van der Waals surface area (Å²) in [6.07, 6.45) is 5.16. The SMILES string of the molecule is CCC(CC1CC1)NCc1ccccc1C(N)=O. The molecule has 1 fully saturated rings. The summed E-state index contributed by atoms with van der Waals surface area (Å²) in [5.41, 5.74) is 7.01. The molecule has 0 aliphatic heterocycles. The van der Waals surface area contributed by atoms with Gasteiger partial charge in [-0.2, -0.15) is 0 Å². The number of hydrogen-bond donors (Lipinski definition) is 2. The lowest BCUT2D eigenvalue weighted by Gasteiger charge is -2.17. The lowest BCUT2D eigenvalue weighted by Crippen LogP contribution is -2.29. The van der Waals surface area contributed by atoms with E-state index in [1.54, 1.807) is 6.07 Å².